The number of anilines is 1. The van der Waals surface area contributed by atoms with Crippen molar-refractivity contribution in [2.75, 3.05) is 32.0 Å². The molecule has 2 fully saturated rings. The molecule has 6 rings (SSSR count). The van der Waals surface area contributed by atoms with Crippen molar-refractivity contribution in [3.8, 4) is 22.6 Å². The molecule has 3 unspecified atom stereocenters. The van der Waals surface area contributed by atoms with Crippen molar-refractivity contribution < 1.29 is 19.0 Å². The van der Waals surface area contributed by atoms with Crippen LogP contribution in [0.5, 0.6) is 11.5 Å². The number of benzene rings is 2. The smallest absolute Gasteiger partial charge is 0.407 e. The van der Waals surface area contributed by atoms with E-state index >= 15 is 0 Å². The van der Waals surface area contributed by atoms with Crippen LogP contribution in [0.4, 0.5) is 10.6 Å². The summed E-state index contributed by atoms with van der Waals surface area (Å²) in [7, 11) is 0. The average molecular weight is 543 g/mol. The fourth-order valence-corrected chi connectivity index (χ4v) is 5.54. The Morgan fingerprint density at radius 2 is 1.93 bits per heavy atom. The molecule has 1 amide bonds. The maximum atomic E-state index is 12.4. The van der Waals surface area contributed by atoms with Crippen LogP contribution in [0.3, 0.4) is 0 Å². The van der Waals surface area contributed by atoms with Gasteiger partial charge in [0.25, 0.3) is 0 Å². The van der Waals surface area contributed by atoms with E-state index in [2.05, 4.69) is 31.4 Å². The van der Waals surface area contributed by atoms with Crippen molar-refractivity contribution in [1.82, 2.24) is 25.2 Å². The summed E-state index contributed by atoms with van der Waals surface area (Å²) in [6.07, 6.45) is 6.30. The zero-order valence-corrected chi connectivity index (χ0v) is 22.3. The summed E-state index contributed by atoms with van der Waals surface area (Å²) in [5.41, 5.74) is 9.09. The number of fused-ring (bicyclic) bond motifs is 1. The highest BCUT2D eigenvalue weighted by atomic mass is 16.6. The lowest BCUT2D eigenvalue weighted by Crippen LogP contribution is -2.40. The quantitative estimate of drug-likeness (QED) is 0.293. The monoisotopic (exact) mass is 542 g/mol. The molecule has 1 saturated carbocycles. The molecule has 1 aliphatic heterocycles. The number of ether oxygens (including phenoxy) is 3. The van der Waals surface area contributed by atoms with E-state index in [1.165, 1.54) is 6.33 Å². The summed E-state index contributed by atoms with van der Waals surface area (Å²) >= 11 is 0. The molecule has 1 saturated heterocycles. The third-order valence-corrected chi connectivity index (χ3v) is 7.55. The standard InChI is InChI=1S/C30H34N6O4/c31-28-27-26(20-6-9-23(10-7-20)39-22-4-2-1-3-5-22)18-36(29(27)35-19-34-28)21-8-11-24(16-21)40-30(37)33-13-12-25-17-32-14-15-38-25/h1-7,9-10,18-19,21,24-25,32H,8,11-17H2,(H,33,37)(H2,31,34,35). The Kier molecular flexibility index (Phi) is 7.78. The first-order valence-electron chi connectivity index (χ1n) is 13.8. The number of nitrogens with one attached hydrogen (secondary N) is 2. The van der Waals surface area contributed by atoms with Gasteiger partial charge in [-0.2, -0.15) is 0 Å². The van der Waals surface area contributed by atoms with E-state index in [1.807, 2.05) is 54.6 Å². The SMILES string of the molecule is Nc1ncnc2c1c(-c1ccc(Oc3ccccc3)cc1)cn2C1CCC(OC(=O)NCCC2CNCCO2)C1. The van der Waals surface area contributed by atoms with Gasteiger partial charge in [-0.05, 0) is 49.1 Å². The summed E-state index contributed by atoms with van der Waals surface area (Å²) in [5.74, 6) is 1.97. The maximum Gasteiger partial charge on any atom is 0.407 e. The Morgan fingerprint density at radius 3 is 2.73 bits per heavy atom. The number of hydrogen-bond acceptors (Lipinski definition) is 8. The topological polar surface area (TPSA) is 126 Å². The minimum Gasteiger partial charge on any atom is -0.457 e. The first kappa shape index (κ1) is 26.1. The number of amides is 1. The second kappa shape index (κ2) is 11.9. The van der Waals surface area contributed by atoms with Gasteiger partial charge >= 0.3 is 6.09 Å². The number of carbonyl (C=O) groups is 1. The van der Waals surface area contributed by atoms with Crippen LogP contribution in [-0.2, 0) is 9.47 Å². The van der Waals surface area contributed by atoms with E-state index in [0.29, 0.717) is 25.4 Å². The molecule has 3 atom stereocenters. The van der Waals surface area contributed by atoms with Crippen LogP contribution < -0.4 is 21.1 Å². The van der Waals surface area contributed by atoms with Crippen LogP contribution in [0.25, 0.3) is 22.2 Å². The van der Waals surface area contributed by atoms with Gasteiger partial charge in [0.2, 0.25) is 0 Å². The van der Waals surface area contributed by atoms with Crippen molar-refractivity contribution in [2.24, 2.45) is 0 Å². The molecule has 208 valence electrons. The number of carbonyl (C=O) groups excluding carboxylic acids is 1. The molecule has 2 aliphatic rings. The lowest BCUT2D eigenvalue weighted by molar-refractivity contribution is 0.0233. The van der Waals surface area contributed by atoms with Crippen LogP contribution in [0.1, 0.15) is 31.7 Å². The van der Waals surface area contributed by atoms with E-state index in [4.69, 9.17) is 19.9 Å². The maximum absolute atomic E-state index is 12.4. The van der Waals surface area contributed by atoms with Crippen molar-refractivity contribution >= 4 is 22.9 Å². The number of alkyl carbamates (subject to hydrolysis) is 1. The molecule has 2 aromatic carbocycles. The van der Waals surface area contributed by atoms with Crippen LogP contribution in [0.15, 0.2) is 67.1 Å². The van der Waals surface area contributed by atoms with Crippen molar-refractivity contribution in [3.05, 3.63) is 67.1 Å². The van der Waals surface area contributed by atoms with Gasteiger partial charge in [-0.3, -0.25) is 0 Å². The highest BCUT2D eigenvalue weighted by molar-refractivity contribution is 6.00. The first-order valence-corrected chi connectivity index (χ1v) is 13.8. The van der Waals surface area contributed by atoms with Gasteiger partial charge in [-0.1, -0.05) is 30.3 Å². The Balaban J connectivity index is 1.13. The highest BCUT2D eigenvalue weighted by Crippen LogP contribution is 2.40. The molecular formula is C30H34N6O4. The predicted octanol–water partition coefficient (Wildman–Crippen LogP) is 4.67. The zero-order valence-electron chi connectivity index (χ0n) is 22.3. The summed E-state index contributed by atoms with van der Waals surface area (Å²) in [4.78, 5) is 21.3. The van der Waals surface area contributed by atoms with E-state index in [-0.39, 0.29) is 24.3 Å². The lowest BCUT2D eigenvalue weighted by atomic mass is 10.1. The number of aromatic nitrogens is 3. The summed E-state index contributed by atoms with van der Waals surface area (Å²) in [6, 6.07) is 17.7. The van der Waals surface area contributed by atoms with Crippen molar-refractivity contribution in [3.63, 3.8) is 0 Å². The molecule has 2 aromatic heterocycles. The second-order valence-corrected chi connectivity index (χ2v) is 10.3. The molecule has 0 bridgehead atoms. The molecule has 10 nitrogen and oxygen atoms in total. The largest absolute Gasteiger partial charge is 0.457 e. The minimum atomic E-state index is -0.378. The van der Waals surface area contributed by atoms with Gasteiger partial charge < -0.3 is 35.1 Å². The fourth-order valence-electron chi connectivity index (χ4n) is 5.54. The van der Waals surface area contributed by atoms with Crippen molar-refractivity contribution in [1.29, 1.82) is 0 Å². The van der Waals surface area contributed by atoms with E-state index in [0.717, 1.165) is 66.0 Å². The number of nitrogens with two attached hydrogens (primary N) is 1. The van der Waals surface area contributed by atoms with Gasteiger partial charge in [0, 0.05) is 43.9 Å². The van der Waals surface area contributed by atoms with Gasteiger partial charge in [-0.15, -0.1) is 0 Å². The first-order chi connectivity index (χ1) is 19.6. The summed E-state index contributed by atoms with van der Waals surface area (Å²) in [5, 5.41) is 6.99. The molecule has 4 N–H and O–H groups in total. The normalized spacial score (nSPS) is 20.9. The number of nitrogen functional groups attached to an aromatic ring is 1. The molecule has 3 heterocycles. The Hall–Kier alpha value is -4.15. The van der Waals surface area contributed by atoms with Crippen LogP contribution >= 0.6 is 0 Å². The van der Waals surface area contributed by atoms with E-state index in [1.54, 1.807) is 0 Å². The molecule has 0 spiro atoms. The number of nitrogens with zero attached hydrogens (tertiary/aromatic N) is 3. The molecular weight excluding hydrogens is 508 g/mol. The number of rotatable bonds is 8. The van der Waals surface area contributed by atoms with E-state index in [9.17, 15) is 4.79 Å². The van der Waals surface area contributed by atoms with Crippen LogP contribution in [-0.4, -0.2) is 59.1 Å². The third kappa shape index (κ3) is 5.88. The van der Waals surface area contributed by atoms with Gasteiger partial charge in [0.1, 0.15) is 35.4 Å². The number of para-hydroxylation sites is 1. The second-order valence-electron chi connectivity index (χ2n) is 10.3. The summed E-state index contributed by atoms with van der Waals surface area (Å²) < 4.78 is 19.5. The van der Waals surface area contributed by atoms with E-state index < -0.39 is 0 Å². The Morgan fingerprint density at radius 1 is 1.10 bits per heavy atom. The van der Waals surface area contributed by atoms with Gasteiger partial charge in [0.05, 0.1) is 18.1 Å². The van der Waals surface area contributed by atoms with Crippen LogP contribution in [0, 0.1) is 0 Å². The predicted molar refractivity (Wildman–Crippen MR) is 152 cm³/mol. The number of hydrogen-bond donors (Lipinski definition) is 3. The molecule has 1 aliphatic carbocycles. The minimum absolute atomic E-state index is 0.128. The average Bonchev–Trinajstić information content (AvgIpc) is 3.60. The molecule has 10 heteroatoms. The van der Waals surface area contributed by atoms with Crippen LogP contribution in [0.2, 0.25) is 0 Å². The highest BCUT2D eigenvalue weighted by Gasteiger charge is 2.31. The molecule has 40 heavy (non-hydrogen) atoms. The molecule has 0 radical (unpaired) electrons. The fraction of sp³-hybridized carbons (Fsp3) is 0.367. The summed E-state index contributed by atoms with van der Waals surface area (Å²) in [6.45, 7) is 2.92. The lowest BCUT2D eigenvalue weighted by Gasteiger charge is -2.23. The Labute approximate surface area is 232 Å². The molecule has 4 aromatic rings. The zero-order chi connectivity index (χ0) is 27.3. The van der Waals surface area contributed by atoms with Gasteiger partial charge in [-0.25, -0.2) is 14.8 Å². The number of morpholine rings is 1. The van der Waals surface area contributed by atoms with Gasteiger partial charge in [0.15, 0.2) is 0 Å². The van der Waals surface area contributed by atoms with Crippen molar-refractivity contribution in [2.45, 2.75) is 43.9 Å². The Bertz CT molecular complexity index is 1440. The third-order valence-electron chi connectivity index (χ3n) is 7.55.